The minimum atomic E-state index is -1.15. The van der Waals surface area contributed by atoms with Gasteiger partial charge in [-0.05, 0) is 29.0 Å². The molecule has 2 rings (SSSR count). The average Bonchev–Trinajstić information content (AvgIpc) is 2.70. The van der Waals surface area contributed by atoms with Crippen molar-refractivity contribution in [3.8, 4) is 11.1 Å². The first-order valence-corrected chi connectivity index (χ1v) is 6.37. The van der Waals surface area contributed by atoms with Gasteiger partial charge in [0.15, 0.2) is 5.69 Å². The van der Waals surface area contributed by atoms with Gasteiger partial charge in [-0.3, -0.25) is 15.0 Å². The Morgan fingerprint density at radius 3 is 2.35 bits per heavy atom. The van der Waals surface area contributed by atoms with Gasteiger partial charge in [-0.2, -0.15) is 0 Å². The Morgan fingerprint density at radius 1 is 1.20 bits per heavy atom. The van der Waals surface area contributed by atoms with Crippen LogP contribution in [-0.2, 0) is 5.41 Å². The fraction of sp³-hybridized carbons (Fsp3) is 0.333. The molecular weight excluding hydrogens is 256 g/mol. The van der Waals surface area contributed by atoms with Crippen LogP contribution in [0.5, 0.6) is 0 Å². The maximum absolute atomic E-state index is 11.8. The van der Waals surface area contributed by atoms with Crippen molar-refractivity contribution in [3.05, 3.63) is 45.4 Å². The van der Waals surface area contributed by atoms with E-state index in [0.717, 1.165) is 11.1 Å². The third-order valence-electron chi connectivity index (χ3n) is 3.35. The Bertz CT molecular complexity index is 717. The van der Waals surface area contributed by atoms with Gasteiger partial charge in [0, 0.05) is 0 Å². The Morgan fingerprint density at radius 2 is 1.85 bits per heavy atom. The van der Waals surface area contributed by atoms with Gasteiger partial charge < -0.3 is 5.11 Å². The van der Waals surface area contributed by atoms with Crippen LogP contribution in [0.1, 0.15) is 42.4 Å². The molecule has 1 aromatic carbocycles. The molecule has 0 unspecified atom stereocenters. The van der Waals surface area contributed by atoms with Crippen molar-refractivity contribution < 1.29 is 9.90 Å². The van der Waals surface area contributed by atoms with Crippen LogP contribution in [0.3, 0.4) is 0 Å². The fourth-order valence-electron chi connectivity index (χ4n) is 2.19. The normalized spacial score (nSPS) is 11.6. The predicted molar refractivity (Wildman–Crippen MR) is 77.2 cm³/mol. The second kappa shape index (κ2) is 4.67. The van der Waals surface area contributed by atoms with Crippen molar-refractivity contribution >= 4 is 5.97 Å². The second-order valence-electron chi connectivity index (χ2n) is 5.91. The maximum Gasteiger partial charge on any atom is 0.354 e. The van der Waals surface area contributed by atoms with Crippen molar-refractivity contribution in [2.45, 2.75) is 33.1 Å². The number of carboxylic acids is 1. The zero-order valence-corrected chi connectivity index (χ0v) is 12.0. The van der Waals surface area contributed by atoms with E-state index in [1.165, 1.54) is 0 Å². The second-order valence-corrected chi connectivity index (χ2v) is 5.91. The van der Waals surface area contributed by atoms with E-state index >= 15 is 0 Å². The largest absolute Gasteiger partial charge is 0.477 e. The Hall–Kier alpha value is -2.30. The number of aromatic nitrogens is 2. The first kappa shape index (κ1) is 14.1. The molecule has 0 atom stereocenters. The molecule has 0 bridgehead atoms. The molecule has 5 nitrogen and oxygen atoms in total. The van der Waals surface area contributed by atoms with Crippen molar-refractivity contribution in [2.24, 2.45) is 0 Å². The molecule has 3 N–H and O–H groups in total. The van der Waals surface area contributed by atoms with E-state index in [9.17, 15) is 9.59 Å². The van der Waals surface area contributed by atoms with Gasteiger partial charge in [0.05, 0.1) is 5.56 Å². The van der Waals surface area contributed by atoms with Crippen LogP contribution in [0, 0.1) is 6.92 Å². The summed E-state index contributed by atoms with van der Waals surface area (Å²) in [7, 11) is 0. The summed E-state index contributed by atoms with van der Waals surface area (Å²) >= 11 is 0. The summed E-state index contributed by atoms with van der Waals surface area (Å²) in [6.45, 7) is 8.19. The molecule has 1 heterocycles. The van der Waals surface area contributed by atoms with Crippen LogP contribution in [0.2, 0.25) is 0 Å². The summed E-state index contributed by atoms with van der Waals surface area (Å²) in [5.41, 5.74) is 2.31. The molecule has 0 aliphatic heterocycles. The number of carbonyl (C=O) groups is 1. The van der Waals surface area contributed by atoms with Crippen molar-refractivity contribution in [1.82, 2.24) is 10.2 Å². The van der Waals surface area contributed by atoms with E-state index in [1.807, 2.05) is 19.1 Å². The molecule has 0 saturated carbocycles. The van der Waals surface area contributed by atoms with Gasteiger partial charge in [-0.15, -0.1) is 0 Å². The summed E-state index contributed by atoms with van der Waals surface area (Å²) in [6, 6.07) is 5.73. The monoisotopic (exact) mass is 274 g/mol. The number of rotatable bonds is 2. The molecule has 20 heavy (non-hydrogen) atoms. The molecule has 2 aromatic rings. The van der Waals surface area contributed by atoms with E-state index in [-0.39, 0.29) is 16.7 Å². The minimum absolute atomic E-state index is 0.00346. The quantitative estimate of drug-likeness (QED) is 0.787. The molecule has 0 spiro atoms. The molecule has 1 aromatic heterocycles. The van der Waals surface area contributed by atoms with Crippen molar-refractivity contribution in [3.63, 3.8) is 0 Å². The van der Waals surface area contributed by atoms with Crippen molar-refractivity contribution in [2.75, 3.05) is 0 Å². The van der Waals surface area contributed by atoms with Gasteiger partial charge in [0.2, 0.25) is 0 Å². The van der Waals surface area contributed by atoms with E-state index in [4.69, 9.17) is 5.11 Å². The predicted octanol–water partition coefficient (Wildman–Crippen LogP) is 2.67. The summed E-state index contributed by atoms with van der Waals surface area (Å²) in [5.74, 6) is -1.15. The SMILES string of the molecule is Cc1cc(C(C)(C)C)ccc1-c1c(C(=O)O)[nH][nH]c1=O. The lowest BCUT2D eigenvalue weighted by molar-refractivity contribution is 0.0691. The van der Waals surface area contributed by atoms with E-state index in [1.54, 1.807) is 6.07 Å². The van der Waals surface area contributed by atoms with Crippen LogP contribution in [0.25, 0.3) is 11.1 Å². The van der Waals surface area contributed by atoms with Crippen LogP contribution in [0.15, 0.2) is 23.0 Å². The highest BCUT2D eigenvalue weighted by atomic mass is 16.4. The molecule has 0 amide bonds. The van der Waals surface area contributed by atoms with Crippen LogP contribution < -0.4 is 5.56 Å². The molecule has 0 aliphatic rings. The number of benzene rings is 1. The molecule has 0 saturated heterocycles. The minimum Gasteiger partial charge on any atom is -0.477 e. The summed E-state index contributed by atoms with van der Waals surface area (Å²) in [6.07, 6.45) is 0. The average molecular weight is 274 g/mol. The highest BCUT2D eigenvalue weighted by Crippen LogP contribution is 2.29. The smallest absolute Gasteiger partial charge is 0.354 e. The highest BCUT2D eigenvalue weighted by Gasteiger charge is 2.21. The molecule has 0 aliphatic carbocycles. The topological polar surface area (TPSA) is 85.9 Å². The van der Waals surface area contributed by atoms with E-state index < -0.39 is 11.5 Å². The summed E-state index contributed by atoms with van der Waals surface area (Å²) in [5, 5.41) is 13.9. The maximum atomic E-state index is 11.8. The van der Waals surface area contributed by atoms with Crippen LogP contribution >= 0.6 is 0 Å². The lowest BCUT2D eigenvalue weighted by Gasteiger charge is -2.20. The molecule has 0 radical (unpaired) electrons. The number of nitrogens with one attached hydrogen (secondary N) is 2. The van der Waals surface area contributed by atoms with Crippen molar-refractivity contribution in [1.29, 1.82) is 0 Å². The van der Waals surface area contributed by atoms with E-state index in [2.05, 4.69) is 31.0 Å². The molecular formula is C15H18N2O3. The first-order valence-electron chi connectivity index (χ1n) is 6.37. The Kier molecular flexibility index (Phi) is 3.29. The zero-order chi connectivity index (χ0) is 15.1. The lowest BCUT2D eigenvalue weighted by Crippen LogP contribution is -2.12. The van der Waals surface area contributed by atoms with Crippen LogP contribution in [-0.4, -0.2) is 21.3 Å². The first-order chi connectivity index (χ1) is 9.21. The Labute approximate surface area is 116 Å². The van der Waals surface area contributed by atoms with E-state index in [0.29, 0.717) is 5.56 Å². The van der Waals surface area contributed by atoms with Gasteiger partial charge in [-0.1, -0.05) is 39.0 Å². The lowest BCUT2D eigenvalue weighted by atomic mass is 9.84. The standard InChI is InChI=1S/C15H18N2O3/c1-8-7-9(15(2,3)4)5-6-10(8)11-12(14(19)20)16-17-13(11)18/h5-7H,1-4H3,(H,19,20)(H2,16,17,18). The number of aromatic amines is 2. The Balaban J connectivity index is 2.64. The van der Waals surface area contributed by atoms with Gasteiger partial charge in [-0.25, -0.2) is 4.79 Å². The number of hydrogen-bond acceptors (Lipinski definition) is 2. The fourth-order valence-corrected chi connectivity index (χ4v) is 2.19. The number of aromatic carboxylic acids is 1. The number of aryl methyl sites for hydroxylation is 1. The molecule has 5 heteroatoms. The number of hydrogen-bond donors (Lipinski definition) is 3. The summed E-state index contributed by atoms with van der Waals surface area (Å²) in [4.78, 5) is 23.0. The van der Waals surface area contributed by atoms with Gasteiger partial charge >= 0.3 is 5.97 Å². The number of H-pyrrole nitrogens is 2. The van der Waals surface area contributed by atoms with Gasteiger partial charge in [0.1, 0.15) is 0 Å². The van der Waals surface area contributed by atoms with Crippen LogP contribution in [0.4, 0.5) is 0 Å². The highest BCUT2D eigenvalue weighted by molar-refractivity contribution is 5.94. The number of carboxylic acid groups (broad SMARTS) is 1. The van der Waals surface area contributed by atoms with Gasteiger partial charge in [0.25, 0.3) is 5.56 Å². The zero-order valence-electron chi connectivity index (χ0n) is 12.0. The summed E-state index contributed by atoms with van der Waals surface area (Å²) < 4.78 is 0. The molecule has 0 fully saturated rings. The third kappa shape index (κ3) is 2.39. The third-order valence-corrected chi connectivity index (χ3v) is 3.35. The molecule has 106 valence electrons.